The number of halogens is 2. The molecule has 0 amide bonds. The predicted octanol–water partition coefficient (Wildman–Crippen LogP) is 3.23. The minimum atomic E-state index is -3.72. The van der Waals surface area contributed by atoms with Crippen LogP contribution < -0.4 is 9.46 Å². The van der Waals surface area contributed by atoms with E-state index in [-0.39, 0.29) is 17.2 Å². The van der Waals surface area contributed by atoms with E-state index in [1.165, 1.54) is 24.3 Å². The summed E-state index contributed by atoms with van der Waals surface area (Å²) in [6, 6.07) is 14.2. The third kappa shape index (κ3) is 4.71. The van der Waals surface area contributed by atoms with Gasteiger partial charge in [0.25, 0.3) is 0 Å². The van der Waals surface area contributed by atoms with Crippen LogP contribution in [0, 0.1) is 0 Å². The lowest BCUT2D eigenvalue weighted by Gasteiger charge is -2.13. The van der Waals surface area contributed by atoms with Gasteiger partial charge in [-0.3, -0.25) is 4.72 Å². The number of anilines is 1. The van der Waals surface area contributed by atoms with Gasteiger partial charge in [0, 0.05) is 0 Å². The Morgan fingerprint density at radius 3 is 2.29 bits per heavy atom. The highest BCUT2D eigenvalue weighted by Gasteiger charge is 2.16. The molecule has 112 valence electrons. The molecule has 21 heavy (non-hydrogen) atoms. The summed E-state index contributed by atoms with van der Waals surface area (Å²) in [5.41, 5.74) is 0.575. The Morgan fingerprint density at radius 1 is 1.00 bits per heavy atom. The molecule has 2 aromatic carbocycles. The number of benzene rings is 2. The van der Waals surface area contributed by atoms with Crippen molar-refractivity contribution >= 4 is 15.7 Å². The minimum Gasteiger partial charge on any atom is -0.433 e. The van der Waals surface area contributed by atoms with Crippen molar-refractivity contribution in [3.8, 4) is 5.75 Å². The first-order valence-corrected chi connectivity index (χ1v) is 7.70. The van der Waals surface area contributed by atoms with E-state index in [4.69, 9.17) is 0 Å². The molecule has 7 heteroatoms. The van der Waals surface area contributed by atoms with Gasteiger partial charge in [-0.05, 0) is 17.7 Å². The Hall–Kier alpha value is -2.15. The largest absolute Gasteiger partial charge is 0.433 e. The average molecular weight is 313 g/mol. The summed E-state index contributed by atoms with van der Waals surface area (Å²) in [6.07, 6.45) is 0. The maximum atomic E-state index is 12.3. The van der Waals surface area contributed by atoms with E-state index in [2.05, 4.69) is 9.46 Å². The first-order chi connectivity index (χ1) is 9.96. The van der Waals surface area contributed by atoms with Crippen molar-refractivity contribution in [2.75, 3.05) is 4.72 Å². The van der Waals surface area contributed by atoms with E-state index in [0.29, 0.717) is 5.56 Å². The molecule has 0 unspecified atom stereocenters. The molecule has 2 aromatic rings. The maximum Gasteiger partial charge on any atom is 0.387 e. The van der Waals surface area contributed by atoms with E-state index in [0.717, 1.165) is 0 Å². The van der Waals surface area contributed by atoms with Crippen LogP contribution in [0.15, 0.2) is 54.6 Å². The molecule has 0 atom stereocenters. The number of alkyl halides is 2. The van der Waals surface area contributed by atoms with Crippen molar-refractivity contribution < 1.29 is 21.9 Å². The number of hydrogen-bond acceptors (Lipinski definition) is 3. The highest BCUT2D eigenvalue weighted by atomic mass is 32.2. The SMILES string of the molecule is O=S(=O)(Cc1ccccc1)Nc1ccccc1OC(F)F. The zero-order valence-corrected chi connectivity index (χ0v) is 11.7. The molecule has 2 rings (SSSR count). The summed E-state index contributed by atoms with van der Waals surface area (Å²) in [6.45, 7) is -3.02. The van der Waals surface area contributed by atoms with Crippen molar-refractivity contribution in [1.82, 2.24) is 0 Å². The number of ether oxygens (including phenoxy) is 1. The fourth-order valence-corrected chi connectivity index (χ4v) is 2.95. The van der Waals surface area contributed by atoms with E-state index in [1.54, 1.807) is 30.3 Å². The molecule has 0 aromatic heterocycles. The van der Waals surface area contributed by atoms with Crippen LogP contribution in [0.25, 0.3) is 0 Å². The molecule has 0 aliphatic rings. The molecular formula is C14H13F2NO3S. The summed E-state index contributed by atoms with van der Waals surface area (Å²) in [4.78, 5) is 0. The molecule has 0 saturated heterocycles. The predicted molar refractivity (Wildman–Crippen MR) is 75.8 cm³/mol. The second kappa shape index (κ2) is 6.53. The monoisotopic (exact) mass is 313 g/mol. The van der Waals surface area contributed by atoms with Gasteiger partial charge < -0.3 is 4.74 Å². The first kappa shape index (κ1) is 15.2. The lowest BCUT2D eigenvalue weighted by Crippen LogP contribution is -2.16. The van der Waals surface area contributed by atoms with Crippen molar-refractivity contribution in [2.24, 2.45) is 0 Å². The number of para-hydroxylation sites is 2. The van der Waals surface area contributed by atoms with Gasteiger partial charge in [0.05, 0.1) is 11.4 Å². The average Bonchev–Trinajstić information content (AvgIpc) is 2.41. The number of rotatable bonds is 6. The molecule has 0 spiro atoms. The van der Waals surface area contributed by atoms with Gasteiger partial charge in [0.2, 0.25) is 10.0 Å². The molecule has 0 radical (unpaired) electrons. The zero-order valence-electron chi connectivity index (χ0n) is 10.9. The van der Waals surface area contributed by atoms with Crippen molar-refractivity contribution in [2.45, 2.75) is 12.4 Å². The van der Waals surface area contributed by atoms with Crippen LogP contribution in [0.1, 0.15) is 5.56 Å². The Bertz CT molecular complexity index is 690. The lowest BCUT2D eigenvalue weighted by molar-refractivity contribution is -0.0493. The van der Waals surface area contributed by atoms with Crippen LogP contribution >= 0.6 is 0 Å². The quantitative estimate of drug-likeness (QED) is 0.891. The molecule has 4 nitrogen and oxygen atoms in total. The Labute approximate surface area is 121 Å². The van der Waals surface area contributed by atoms with Gasteiger partial charge >= 0.3 is 6.61 Å². The van der Waals surface area contributed by atoms with Crippen molar-refractivity contribution in [3.63, 3.8) is 0 Å². The van der Waals surface area contributed by atoms with Crippen LogP contribution in [0.3, 0.4) is 0 Å². The lowest BCUT2D eigenvalue weighted by atomic mass is 10.2. The number of nitrogens with one attached hydrogen (secondary N) is 1. The van der Waals surface area contributed by atoms with E-state index in [1.807, 2.05) is 0 Å². The molecule has 1 N–H and O–H groups in total. The van der Waals surface area contributed by atoms with E-state index >= 15 is 0 Å². The number of hydrogen-bond donors (Lipinski definition) is 1. The summed E-state index contributed by atoms with van der Waals surface area (Å²) in [5.74, 6) is -0.472. The molecule has 0 bridgehead atoms. The zero-order chi connectivity index (χ0) is 15.3. The van der Waals surface area contributed by atoms with Crippen LogP contribution in [0.5, 0.6) is 5.75 Å². The normalized spacial score (nSPS) is 11.4. The van der Waals surface area contributed by atoms with Gasteiger partial charge in [-0.2, -0.15) is 8.78 Å². The van der Waals surface area contributed by atoms with E-state index < -0.39 is 16.6 Å². The van der Waals surface area contributed by atoms with E-state index in [9.17, 15) is 17.2 Å². The molecule has 0 fully saturated rings. The summed E-state index contributed by atoms with van der Waals surface area (Å²) < 4.78 is 55.2. The van der Waals surface area contributed by atoms with Gasteiger partial charge in [0.1, 0.15) is 5.75 Å². The highest BCUT2D eigenvalue weighted by molar-refractivity contribution is 7.91. The Morgan fingerprint density at radius 2 is 1.62 bits per heavy atom. The smallest absolute Gasteiger partial charge is 0.387 e. The van der Waals surface area contributed by atoms with Gasteiger partial charge in [-0.1, -0.05) is 42.5 Å². The minimum absolute atomic E-state index is 0.0197. The van der Waals surface area contributed by atoms with Gasteiger partial charge in [-0.15, -0.1) is 0 Å². The molecule has 0 heterocycles. The summed E-state index contributed by atoms with van der Waals surface area (Å²) >= 11 is 0. The second-order valence-corrected chi connectivity index (χ2v) is 5.94. The summed E-state index contributed by atoms with van der Waals surface area (Å²) in [7, 11) is -3.72. The van der Waals surface area contributed by atoms with Crippen molar-refractivity contribution in [1.29, 1.82) is 0 Å². The van der Waals surface area contributed by atoms with Crippen LogP contribution in [0.2, 0.25) is 0 Å². The fraction of sp³-hybridized carbons (Fsp3) is 0.143. The van der Waals surface area contributed by atoms with Gasteiger partial charge in [-0.25, -0.2) is 8.42 Å². The first-order valence-electron chi connectivity index (χ1n) is 6.04. The van der Waals surface area contributed by atoms with Crippen LogP contribution in [-0.2, 0) is 15.8 Å². The Kier molecular flexibility index (Phi) is 4.74. The second-order valence-electron chi connectivity index (χ2n) is 4.22. The third-order valence-corrected chi connectivity index (χ3v) is 3.81. The third-order valence-electron chi connectivity index (χ3n) is 2.57. The van der Waals surface area contributed by atoms with Crippen LogP contribution in [-0.4, -0.2) is 15.0 Å². The van der Waals surface area contributed by atoms with Gasteiger partial charge in [0.15, 0.2) is 0 Å². The fourth-order valence-electron chi connectivity index (χ4n) is 1.75. The summed E-state index contributed by atoms with van der Waals surface area (Å²) in [5, 5.41) is 0. The highest BCUT2D eigenvalue weighted by Crippen LogP contribution is 2.27. The topological polar surface area (TPSA) is 55.4 Å². The standard InChI is InChI=1S/C14H13F2NO3S/c15-14(16)20-13-9-5-4-8-12(13)17-21(18,19)10-11-6-2-1-3-7-11/h1-9,14,17H,10H2. The van der Waals surface area contributed by atoms with Crippen molar-refractivity contribution in [3.05, 3.63) is 60.2 Å². The Balaban J connectivity index is 2.17. The van der Waals surface area contributed by atoms with Crippen LogP contribution in [0.4, 0.5) is 14.5 Å². The molecule has 0 aliphatic carbocycles. The number of sulfonamides is 1. The maximum absolute atomic E-state index is 12.3. The molecule has 0 aliphatic heterocycles. The molecular weight excluding hydrogens is 300 g/mol. The molecule has 0 saturated carbocycles.